The number of hydrogen-bond donors (Lipinski definition) is 0. The zero-order valence-electron chi connectivity index (χ0n) is 23.2. The number of nitrogens with zero attached hydrogens (tertiary/aromatic N) is 5. The van der Waals surface area contributed by atoms with Gasteiger partial charge in [-0.25, -0.2) is 0 Å². The molecule has 234 valence electrons. The van der Waals surface area contributed by atoms with E-state index >= 15 is 0 Å². The number of benzene rings is 4. The van der Waals surface area contributed by atoms with Gasteiger partial charge in [-0.3, -0.25) is 0 Å². The van der Waals surface area contributed by atoms with Crippen molar-refractivity contribution >= 4 is 5.95 Å². The lowest BCUT2D eigenvalue weighted by molar-refractivity contribution is -0.143. The number of anilines is 1. The van der Waals surface area contributed by atoms with E-state index in [2.05, 4.69) is 15.4 Å². The highest BCUT2D eigenvalue weighted by Gasteiger charge is 2.37. The Hall–Kier alpha value is -4.88. The molecule has 0 aliphatic rings. The maximum atomic E-state index is 13.8. The Morgan fingerprint density at radius 1 is 0.600 bits per heavy atom. The molecule has 0 spiro atoms. The molecule has 0 aliphatic carbocycles. The molecular formula is C31H22F9N5. The third-order valence-corrected chi connectivity index (χ3v) is 6.88. The summed E-state index contributed by atoms with van der Waals surface area (Å²) in [6.07, 6.45) is -14.9. The summed E-state index contributed by atoms with van der Waals surface area (Å²) in [7, 11) is 1.38. The van der Waals surface area contributed by atoms with Gasteiger partial charge in [-0.05, 0) is 75.0 Å². The van der Waals surface area contributed by atoms with Gasteiger partial charge in [0.15, 0.2) is 0 Å². The van der Waals surface area contributed by atoms with Crippen molar-refractivity contribution in [2.24, 2.45) is 7.05 Å². The van der Waals surface area contributed by atoms with E-state index in [9.17, 15) is 39.5 Å². The average Bonchev–Trinajstić information content (AvgIpc) is 3.42. The molecule has 0 saturated carbocycles. The zero-order valence-corrected chi connectivity index (χ0v) is 23.2. The smallest absolute Gasteiger partial charge is 0.330 e. The van der Waals surface area contributed by atoms with E-state index in [1.165, 1.54) is 18.0 Å². The lowest BCUT2D eigenvalue weighted by Crippen LogP contribution is -2.25. The number of hydrogen-bond acceptors (Lipinski definition) is 4. The van der Waals surface area contributed by atoms with Crippen molar-refractivity contribution in [2.75, 3.05) is 4.90 Å². The van der Waals surface area contributed by atoms with E-state index in [1.54, 1.807) is 18.2 Å². The van der Waals surface area contributed by atoms with Gasteiger partial charge in [0, 0.05) is 13.1 Å². The Morgan fingerprint density at radius 2 is 1.20 bits per heavy atom. The maximum absolute atomic E-state index is 13.8. The van der Waals surface area contributed by atoms with Gasteiger partial charge in [0.2, 0.25) is 0 Å². The minimum Gasteiger partial charge on any atom is -0.330 e. The number of halogens is 9. The number of aromatic nitrogens is 4. The first kappa shape index (κ1) is 31.5. The van der Waals surface area contributed by atoms with Crippen LogP contribution in [-0.2, 0) is 38.7 Å². The van der Waals surface area contributed by atoms with Gasteiger partial charge < -0.3 is 4.90 Å². The molecule has 4 aromatic carbocycles. The summed E-state index contributed by atoms with van der Waals surface area (Å²) < 4.78 is 123. The third kappa shape index (κ3) is 7.44. The second-order valence-corrected chi connectivity index (χ2v) is 10.2. The monoisotopic (exact) mass is 635 g/mol. The Labute approximate surface area is 250 Å². The fourth-order valence-electron chi connectivity index (χ4n) is 4.81. The van der Waals surface area contributed by atoms with Crippen molar-refractivity contribution in [3.05, 3.63) is 119 Å². The first-order chi connectivity index (χ1) is 21.1. The molecule has 14 heteroatoms. The summed E-state index contributed by atoms with van der Waals surface area (Å²) in [6.45, 7) is -1.03. The fraction of sp³-hybridized carbons (Fsp3) is 0.194. The molecule has 45 heavy (non-hydrogen) atoms. The molecule has 5 rings (SSSR count). The quantitative estimate of drug-likeness (QED) is 0.168. The highest BCUT2D eigenvalue weighted by molar-refractivity contribution is 5.75. The van der Waals surface area contributed by atoms with E-state index in [4.69, 9.17) is 0 Å². The van der Waals surface area contributed by atoms with Crippen LogP contribution in [0.25, 0.3) is 22.3 Å². The largest absolute Gasteiger partial charge is 0.416 e. The van der Waals surface area contributed by atoms with Crippen molar-refractivity contribution in [3.63, 3.8) is 0 Å². The van der Waals surface area contributed by atoms with E-state index < -0.39 is 53.9 Å². The van der Waals surface area contributed by atoms with Crippen LogP contribution >= 0.6 is 0 Å². The van der Waals surface area contributed by atoms with Gasteiger partial charge in [0.05, 0.1) is 23.7 Å². The van der Waals surface area contributed by atoms with Crippen LogP contribution in [0.4, 0.5) is 45.5 Å². The molecule has 0 bridgehead atoms. The van der Waals surface area contributed by atoms with Crippen LogP contribution in [0.1, 0.15) is 27.8 Å². The molecule has 1 heterocycles. The summed E-state index contributed by atoms with van der Waals surface area (Å²) in [5, 5.41) is 11.6. The van der Waals surface area contributed by atoms with Gasteiger partial charge >= 0.3 is 18.5 Å². The van der Waals surface area contributed by atoms with Gasteiger partial charge in [0.25, 0.3) is 5.95 Å². The third-order valence-electron chi connectivity index (χ3n) is 6.88. The number of alkyl halides is 9. The van der Waals surface area contributed by atoms with E-state index in [0.717, 1.165) is 28.1 Å². The van der Waals surface area contributed by atoms with Gasteiger partial charge in [0.1, 0.15) is 0 Å². The van der Waals surface area contributed by atoms with Gasteiger partial charge in [-0.2, -0.15) is 44.3 Å². The molecule has 0 amide bonds. The summed E-state index contributed by atoms with van der Waals surface area (Å²) in [4.78, 5) is 2.18. The summed E-state index contributed by atoms with van der Waals surface area (Å²) in [6, 6.07) is 20.4. The minimum absolute atomic E-state index is 0.000946. The van der Waals surface area contributed by atoms with Gasteiger partial charge in [-0.15, -0.1) is 5.10 Å². The van der Waals surface area contributed by atoms with Crippen molar-refractivity contribution in [2.45, 2.75) is 31.6 Å². The molecule has 0 fully saturated rings. The molecule has 0 saturated heterocycles. The van der Waals surface area contributed by atoms with Gasteiger partial charge in [-0.1, -0.05) is 59.7 Å². The normalized spacial score (nSPS) is 12.4. The second kappa shape index (κ2) is 11.9. The SMILES string of the molecule is Cn1nnc(N(Cc2cc(C(F)(F)F)cc(C(F)(F)F)c2)Cc2cc(C(F)(F)F)ccc2-c2cccc(-c3ccccc3)c2)n1. The lowest BCUT2D eigenvalue weighted by Gasteiger charge is -2.24. The molecule has 0 unspecified atom stereocenters. The highest BCUT2D eigenvalue weighted by Crippen LogP contribution is 2.38. The van der Waals surface area contributed by atoms with Crippen molar-refractivity contribution in [1.29, 1.82) is 0 Å². The Bertz CT molecular complexity index is 1760. The molecule has 0 atom stereocenters. The topological polar surface area (TPSA) is 46.8 Å². The molecule has 0 aliphatic heterocycles. The van der Waals surface area contributed by atoms with E-state index in [-0.39, 0.29) is 17.6 Å². The van der Waals surface area contributed by atoms with Crippen LogP contribution in [0.5, 0.6) is 0 Å². The van der Waals surface area contributed by atoms with Crippen LogP contribution in [0.2, 0.25) is 0 Å². The van der Waals surface area contributed by atoms with E-state index in [1.807, 2.05) is 36.4 Å². The standard InChI is InChI=1S/C31H22F9N5/c1-44-42-28(41-43-44)45(17-19-12-25(30(35,36)37)16-26(13-19)31(38,39)40)18-23-15-24(29(32,33)34)10-11-27(23)22-9-5-8-21(14-22)20-6-3-2-4-7-20/h2-16H,17-18H2,1H3. The molecule has 0 N–H and O–H groups in total. The van der Waals surface area contributed by atoms with Crippen molar-refractivity contribution in [1.82, 2.24) is 20.2 Å². The van der Waals surface area contributed by atoms with Crippen LogP contribution < -0.4 is 4.90 Å². The molecule has 1 aromatic heterocycles. The van der Waals surface area contributed by atoms with E-state index in [0.29, 0.717) is 23.3 Å². The number of aryl methyl sites for hydroxylation is 1. The summed E-state index contributed by atoms with van der Waals surface area (Å²) in [5.74, 6) is -0.218. The first-order valence-corrected chi connectivity index (χ1v) is 13.2. The predicted octanol–water partition coefficient (Wildman–Crippen LogP) is 8.81. The molecule has 0 radical (unpaired) electrons. The van der Waals surface area contributed by atoms with Crippen LogP contribution in [0.3, 0.4) is 0 Å². The molecular weight excluding hydrogens is 613 g/mol. The fourth-order valence-corrected chi connectivity index (χ4v) is 4.81. The maximum Gasteiger partial charge on any atom is 0.416 e. The van der Waals surface area contributed by atoms with Crippen LogP contribution in [-0.4, -0.2) is 20.2 Å². The Kier molecular flexibility index (Phi) is 8.34. The molecule has 5 aromatic rings. The minimum atomic E-state index is -5.09. The van der Waals surface area contributed by atoms with Crippen LogP contribution in [0.15, 0.2) is 91.0 Å². The average molecular weight is 636 g/mol. The second-order valence-electron chi connectivity index (χ2n) is 10.2. The highest BCUT2D eigenvalue weighted by atomic mass is 19.4. The first-order valence-electron chi connectivity index (χ1n) is 13.2. The van der Waals surface area contributed by atoms with Crippen molar-refractivity contribution < 1.29 is 39.5 Å². The zero-order chi connectivity index (χ0) is 32.6. The summed E-state index contributed by atoms with van der Waals surface area (Å²) in [5.41, 5.74) is -1.88. The predicted molar refractivity (Wildman–Crippen MR) is 147 cm³/mol. The summed E-state index contributed by atoms with van der Waals surface area (Å²) >= 11 is 0. The number of rotatable bonds is 7. The Balaban J connectivity index is 1.62. The number of tetrazole rings is 1. The molecule has 5 nitrogen and oxygen atoms in total. The van der Waals surface area contributed by atoms with Crippen LogP contribution in [0, 0.1) is 0 Å². The lowest BCUT2D eigenvalue weighted by atomic mass is 9.94. The Morgan fingerprint density at radius 3 is 1.78 bits per heavy atom. The van der Waals surface area contributed by atoms with Crippen molar-refractivity contribution in [3.8, 4) is 22.3 Å².